The van der Waals surface area contributed by atoms with Crippen molar-refractivity contribution in [3.63, 3.8) is 0 Å². The molecule has 0 aromatic carbocycles. The Bertz CT molecular complexity index is 518. The number of hydrogen-bond acceptors (Lipinski definition) is 4. The first-order valence-corrected chi connectivity index (χ1v) is 5.29. The predicted octanol–water partition coefficient (Wildman–Crippen LogP) is 1.71. The van der Waals surface area contributed by atoms with Crippen LogP contribution in [-0.4, -0.2) is 20.9 Å². The lowest BCUT2D eigenvalue weighted by molar-refractivity contribution is -0.115. The van der Waals surface area contributed by atoms with Gasteiger partial charge in [0.1, 0.15) is 5.15 Å². The maximum absolute atomic E-state index is 11.6. The lowest BCUT2D eigenvalue weighted by Crippen LogP contribution is -2.16. The molecule has 0 radical (unpaired) electrons. The number of nitrogens with one attached hydrogen (secondary N) is 1. The van der Waals surface area contributed by atoms with Crippen LogP contribution >= 0.6 is 11.6 Å². The molecule has 2 aromatic rings. The summed E-state index contributed by atoms with van der Waals surface area (Å²) >= 11 is 5.68. The zero-order chi connectivity index (χ0) is 12.1. The number of carbonyl (C=O) groups is 1. The van der Waals surface area contributed by atoms with Gasteiger partial charge in [0.25, 0.3) is 0 Å². The molecule has 0 saturated carbocycles. The zero-order valence-electron chi connectivity index (χ0n) is 8.80. The van der Waals surface area contributed by atoms with Gasteiger partial charge in [-0.3, -0.25) is 15.1 Å². The van der Waals surface area contributed by atoms with Crippen LogP contribution in [0.3, 0.4) is 0 Å². The molecule has 2 aromatic heterocycles. The lowest BCUT2D eigenvalue weighted by atomic mass is 10.2. The second kappa shape index (κ2) is 5.36. The van der Waals surface area contributed by atoms with Gasteiger partial charge in [-0.05, 0) is 17.7 Å². The van der Waals surface area contributed by atoms with E-state index in [2.05, 4.69) is 20.3 Å². The third-order valence-corrected chi connectivity index (χ3v) is 2.17. The first kappa shape index (κ1) is 11.5. The average molecular weight is 249 g/mol. The van der Waals surface area contributed by atoms with Gasteiger partial charge in [-0.2, -0.15) is 0 Å². The van der Waals surface area contributed by atoms with Crippen LogP contribution in [0.5, 0.6) is 0 Å². The summed E-state index contributed by atoms with van der Waals surface area (Å²) in [5.41, 5.74) is 0.826. The van der Waals surface area contributed by atoms with Crippen LogP contribution in [0, 0.1) is 0 Å². The zero-order valence-corrected chi connectivity index (χ0v) is 9.55. The molecule has 0 unspecified atom stereocenters. The molecule has 0 bridgehead atoms. The van der Waals surface area contributed by atoms with Gasteiger partial charge < -0.3 is 0 Å². The van der Waals surface area contributed by atoms with Crippen molar-refractivity contribution in [2.75, 3.05) is 5.32 Å². The van der Waals surface area contributed by atoms with Crippen LogP contribution in [0.2, 0.25) is 5.15 Å². The Morgan fingerprint density at radius 2 is 2.24 bits per heavy atom. The van der Waals surface area contributed by atoms with Crippen molar-refractivity contribution >= 4 is 23.5 Å². The number of hydrogen-bond donors (Lipinski definition) is 1. The molecule has 1 N–H and O–H groups in total. The third-order valence-electron chi connectivity index (χ3n) is 1.96. The van der Waals surface area contributed by atoms with Gasteiger partial charge in [-0.25, -0.2) is 9.97 Å². The van der Waals surface area contributed by atoms with Gasteiger partial charge in [0.15, 0.2) is 0 Å². The normalized spacial score (nSPS) is 9.94. The van der Waals surface area contributed by atoms with E-state index in [4.69, 9.17) is 11.6 Å². The molecule has 0 aliphatic rings. The highest BCUT2D eigenvalue weighted by molar-refractivity contribution is 6.29. The van der Waals surface area contributed by atoms with E-state index in [1.54, 1.807) is 24.5 Å². The maximum Gasteiger partial charge on any atom is 0.231 e. The van der Waals surface area contributed by atoms with Crippen molar-refractivity contribution in [1.82, 2.24) is 15.0 Å². The monoisotopic (exact) mass is 248 g/mol. The van der Waals surface area contributed by atoms with Crippen LogP contribution < -0.4 is 5.32 Å². The molecule has 0 spiro atoms. The molecular formula is C11H9ClN4O. The van der Waals surface area contributed by atoms with Crippen molar-refractivity contribution in [1.29, 1.82) is 0 Å². The van der Waals surface area contributed by atoms with Crippen LogP contribution in [0.1, 0.15) is 5.56 Å². The first-order valence-electron chi connectivity index (χ1n) is 4.91. The molecule has 0 aliphatic heterocycles. The first-order chi connectivity index (χ1) is 8.24. The second-order valence-corrected chi connectivity index (χ2v) is 3.68. The molecule has 2 rings (SSSR count). The predicted molar refractivity (Wildman–Crippen MR) is 63.6 cm³/mol. The Balaban J connectivity index is 1.98. The number of pyridine rings is 1. The minimum atomic E-state index is -0.208. The largest absolute Gasteiger partial charge is 0.294 e. The fourth-order valence-corrected chi connectivity index (χ4v) is 1.39. The number of carbonyl (C=O) groups excluding carboxylic acids is 1. The van der Waals surface area contributed by atoms with E-state index in [1.807, 2.05) is 6.07 Å². The molecule has 17 heavy (non-hydrogen) atoms. The molecule has 6 heteroatoms. The van der Waals surface area contributed by atoms with Crippen LogP contribution in [0.25, 0.3) is 0 Å². The summed E-state index contributed by atoms with van der Waals surface area (Å²) in [6, 6.07) is 5.14. The molecule has 1 amide bonds. The fourth-order valence-electron chi connectivity index (χ4n) is 1.25. The van der Waals surface area contributed by atoms with Gasteiger partial charge in [0.2, 0.25) is 11.9 Å². The Kier molecular flexibility index (Phi) is 3.62. The molecular weight excluding hydrogens is 240 g/mol. The lowest BCUT2D eigenvalue weighted by Gasteiger charge is -2.03. The van der Waals surface area contributed by atoms with E-state index in [9.17, 15) is 4.79 Å². The number of rotatable bonds is 3. The molecule has 0 saturated heterocycles. The molecule has 0 atom stereocenters. The van der Waals surface area contributed by atoms with Crippen LogP contribution in [0.4, 0.5) is 5.95 Å². The molecule has 0 fully saturated rings. The standard InChI is InChI=1S/C11H9ClN4O/c12-9-3-5-14-11(15-9)16-10(17)6-8-2-1-4-13-7-8/h1-5,7H,6H2,(H,14,15,16,17). The van der Waals surface area contributed by atoms with Gasteiger partial charge in [0.05, 0.1) is 6.42 Å². The van der Waals surface area contributed by atoms with E-state index in [0.29, 0.717) is 0 Å². The minimum Gasteiger partial charge on any atom is -0.294 e. The number of halogens is 1. The smallest absolute Gasteiger partial charge is 0.231 e. The Labute approximate surface area is 103 Å². The summed E-state index contributed by atoms with van der Waals surface area (Å²) in [4.78, 5) is 23.3. The van der Waals surface area contributed by atoms with Gasteiger partial charge in [-0.1, -0.05) is 17.7 Å². The van der Waals surface area contributed by atoms with E-state index >= 15 is 0 Å². The summed E-state index contributed by atoms with van der Waals surface area (Å²) in [5.74, 6) is -0.00773. The van der Waals surface area contributed by atoms with E-state index in [1.165, 1.54) is 6.20 Å². The van der Waals surface area contributed by atoms with Crippen molar-refractivity contribution in [2.24, 2.45) is 0 Å². The fraction of sp³-hybridized carbons (Fsp3) is 0.0909. The summed E-state index contributed by atoms with van der Waals surface area (Å²) in [7, 11) is 0. The quantitative estimate of drug-likeness (QED) is 0.840. The van der Waals surface area contributed by atoms with Crippen LogP contribution in [0.15, 0.2) is 36.8 Å². The number of anilines is 1. The maximum atomic E-state index is 11.6. The van der Waals surface area contributed by atoms with Crippen molar-refractivity contribution in [3.05, 3.63) is 47.5 Å². The van der Waals surface area contributed by atoms with E-state index < -0.39 is 0 Å². The van der Waals surface area contributed by atoms with Crippen molar-refractivity contribution in [3.8, 4) is 0 Å². The van der Waals surface area contributed by atoms with Crippen molar-refractivity contribution in [2.45, 2.75) is 6.42 Å². The van der Waals surface area contributed by atoms with E-state index in [0.717, 1.165) is 5.56 Å². The van der Waals surface area contributed by atoms with Gasteiger partial charge >= 0.3 is 0 Å². The number of amides is 1. The van der Waals surface area contributed by atoms with Crippen molar-refractivity contribution < 1.29 is 4.79 Å². The summed E-state index contributed by atoms with van der Waals surface area (Å²) in [6.45, 7) is 0. The third kappa shape index (κ3) is 3.49. The summed E-state index contributed by atoms with van der Waals surface area (Å²) < 4.78 is 0. The Morgan fingerprint density at radius 3 is 2.94 bits per heavy atom. The highest BCUT2D eigenvalue weighted by atomic mass is 35.5. The topological polar surface area (TPSA) is 67.8 Å². The minimum absolute atomic E-state index is 0.200. The molecule has 5 nitrogen and oxygen atoms in total. The second-order valence-electron chi connectivity index (χ2n) is 3.29. The molecule has 0 aliphatic carbocycles. The number of aromatic nitrogens is 3. The van der Waals surface area contributed by atoms with Gasteiger partial charge in [-0.15, -0.1) is 0 Å². The summed E-state index contributed by atoms with van der Waals surface area (Å²) in [5, 5.41) is 2.85. The van der Waals surface area contributed by atoms with Gasteiger partial charge in [0, 0.05) is 18.6 Å². The Hall–Kier alpha value is -2.01. The number of nitrogens with zero attached hydrogens (tertiary/aromatic N) is 3. The van der Waals surface area contributed by atoms with Crippen LogP contribution in [-0.2, 0) is 11.2 Å². The molecule has 86 valence electrons. The average Bonchev–Trinajstić information content (AvgIpc) is 2.30. The molecule has 2 heterocycles. The SMILES string of the molecule is O=C(Cc1cccnc1)Nc1nccc(Cl)n1. The Morgan fingerprint density at radius 1 is 1.35 bits per heavy atom. The van der Waals surface area contributed by atoms with E-state index in [-0.39, 0.29) is 23.4 Å². The highest BCUT2D eigenvalue weighted by Gasteiger charge is 2.05. The summed E-state index contributed by atoms with van der Waals surface area (Å²) in [6.07, 6.45) is 5.00. The highest BCUT2D eigenvalue weighted by Crippen LogP contribution is 2.06.